The monoisotopic (exact) mass is 227 g/mol. The maximum atomic E-state index is 12.8. The highest BCUT2D eigenvalue weighted by Gasteiger charge is 2.19. The van der Waals surface area contributed by atoms with Crippen molar-refractivity contribution in [3.8, 4) is 5.75 Å². The average Bonchev–Trinajstić information content (AvgIpc) is 2.99. The Bertz CT molecular complexity index is 333. The molecule has 0 heterocycles. The molecule has 16 heavy (non-hydrogen) atoms. The molecule has 0 aromatic heterocycles. The van der Waals surface area contributed by atoms with Gasteiger partial charge in [0.25, 0.3) is 0 Å². The van der Waals surface area contributed by atoms with Crippen LogP contribution in [0.3, 0.4) is 0 Å². The number of benzene rings is 1. The van der Waals surface area contributed by atoms with Crippen molar-refractivity contribution in [2.75, 3.05) is 13.2 Å². The van der Waals surface area contributed by atoms with Gasteiger partial charge in [0.2, 0.25) is 0 Å². The quantitative estimate of drug-likeness (QED) is 0.754. The topological polar surface area (TPSA) is 21.3 Å². The Morgan fingerprint density at radius 2 is 1.88 bits per heavy atom. The second kappa shape index (κ2) is 5.25. The van der Waals surface area contributed by atoms with Crippen LogP contribution in [0.4, 0.5) is 8.78 Å². The lowest BCUT2D eigenvalue weighted by Crippen LogP contribution is -2.19. The van der Waals surface area contributed by atoms with Gasteiger partial charge in [-0.2, -0.15) is 0 Å². The zero-order valence-corrected chi connectivity index (χ0v) is 9.01. The van der Waals surface area contributed by atoms with E-state index in [4.69, 9.17) is 4.74 Å². The number of hydrogen-bond acceptors (Lipinski definition) is 2. The van der Waals surface area contributed by atoms with Gasteiger partial charge in [-0.05, 0) is 25.8 Å². The molecule has 88 valence electrons. The summed E-state index contributed by atoms with van der Waals surface area (Å²) < 4.78 is 30.8. The van der Waals surface area contributed by atoms with Crippen LogP contribution in [0.25, 0.3) is 0 Å². The second-order valence-corrected chi connectivity index (χ2v) is 4.04. The number of nitrogens with one attached hydrogen (secondary N) is 1. The van der Waals surface area contributed by atoms with Crippen molar-refractivity contribution < 1.29 is 13.5 Å². The summed E-state index contributed by atoms with van der Waals surface area (Å²) in [6, 6.07) is 3.91. The van der Waals surface area contributed by atoms with Crippen LogP contribution in [-0.2, 0) is 0 Å². The molecule has 1 aromatic rings. The van der Waals surface area contributed by atoms with E-state index in [1.807, 2.05) is 0 Å². The molecular weight excluding hydrogens is 212 g/mol. The average molecular weight is 227 g/mol. The van der Waals surface area contributed by atoms with E-state index < -0.39 is 11.6 Å². The Balaban J connectivity index is 1.67. The van der Waals surface area contributed by atoms with Gasteiger partial charge in [0.15, 0.2) is 0 Å². The van der Waals surface area contributed by atoms with Crippen LogP contribution in [0, 0.1) is 11.6 Å². The van der Waals surface area contributed by atoms with Gasteiger partial charge in [-0.3, -0.25) is 0 Å². The summed E-state index contributed by atoms with van der Waals surface area (Å²) in [6.07, 6.45) is 3.36. The van der Waals surface area contributed by atoms with Gasteiger partial charge in [-0.1, -0.05) is 0 Å². The molecule has 0 unspecified atom stereocenters. The predicted molar refractivity (Wildman–Crippen MR) is 57.5 cm³/mol. The number of ether oxygens (including phenoxy) is 1. The van der Waals surface area contributed by atoms with Crippen molar-refractivity contribution in [2.24, 2.45) is 0 Å². The third-order valence-corrected chi connectivity index (χ3v) is 2.44. The zero-order chi connectivity index (χ0) is 11.4. The van der Waals surface area contributed by atoms with Gasteiger partial charge in [0, 0.05) is 24.2 Å². The van der Waals surface area contributed by atoms with Crippen LogP contribution >= 0.6 is 0 Å². The molecule has 2 nitrogen and oxygen atoms in total. The molecule has 1 saturated carbocycles. The minimum absolute atomic E-state index is 0.254. The molecule has 0 atom stereocenters. The molecular formula is C12H15F2NO. The Morgan fingerprint density at radius 1 is 1.19 bits per heavy atom. The highest BCUT2D eigenvalue weighted by molar-refractivity contribution is 5.23. The lowest BCUT2D eigenvalue weighted by molar-refractivity contribution is 0.304. The van der Waals surface area contributed by atoms with Crippen molar-refractivity contribution >= 4 is 0 Å². The number of halogens is 2. The van der Waals surface area contributed by atoms with Gasteiger partial charge in [-0.25, -0.2) is 8.78 Å². The largest absolute Gasteiger partial charge is 0.493 e. The molecule has 0 amide bonds. The second-order valence-electron chi connectivity index (χ2n) is 4.04. The third kappa shape index (κ3) is 3.77. The summed E-state index contributed by atoms with van der Waals surface area (Å²) in [5, 5.41) is 3.34. The Hall–Kier alpha value is -1.16. The first-order chi connectivity index (χ1) is 7.74. The van der Waals surface area contributed by atoms with E-state index >= 15 is 0 Å². The van der Waals surface area contributed by atoms with Crippen molar-refractivity contribution in [2.45, 2.75) is 25.3 Å². The van der Waals surface area contributed by atoms with E-state index in [1.165, 1.54) is 25.0 Å². The van der Waals surface area contributed by atoms with Crippen LogP contribution in [0.5, 0.6) is 5.75 Å². The van der Waals surface area contributed by atoms with Crippen LogP contribution < -0.4 is 10.1 Å². The fraction of sp³-hybridized carbons (Fsp3) is 0.500. The van der Waals surface area contributed by atoms with Crippen LogP contribution in [-0.4, -0.2) is 19.2 Å². The molecule has 2 rings (SSSR count). The minimum Gasteiger partial charge on any atom is -0.493 e. The highest BCUT2D eigenvalue weighted by Crippen LogP contribution is 2.18. The van der Waals surface area contributed by atoms with E-state index in [1.54, 1.807) is 0 Å². The van der Waals surface area contributed by atoms with Crippen molar-refractivity contribution in [1.82, 2.24) is 5.32 Å². The maximum absolute atomic E-state index is 12.8. The third-order valence-electron chi connectivity index (χ3n) is 2.44. The minimum atomic E-state index is -0.605. The van der Waals surface area contributed by atoms with Gasteiger partial charge in [0.1, 0.15) is 17.4 Å². The van der Waals surface area contributed by atoms with Crippen molar-refractivity contribution in [3.63, 3.8) is 0 Å². The first-order valence-corrected chi connectivity index (χ1v) is 5.56. The van der Waals surface area contributed by atoms with Crippen LogP contribution in [0.2, 0.25) is 0 Å². The molecule has 0 bridgehead atoms. The summed E-state index contributed by atoms with van der Waals surface area (Å²) in [5.74, 6) is -0.957. The molecule has 1 N–H and O–H groups in total. The fourth-order valence-corrected chi connectivity index (χ4v) is 1.47. The van der Waals surface area contributed by atoms with Crippen LogP contribution in [0.15, 0.2) is 18.2 Å². The molecule has 1 aliphatic rings. The Kier molecular flexibility index (Phi) is 3.72. The molecule has 0 saturated heterocycles. The molecule has 4 heteroatoms. The van der Waals surface area contributed by atoms with Gasteiger partial charge in [-0.15, -0.1) is 0 Å². The van der Waals surface area contributed by atoms with E-state index in [0.717, 1.165) is 19.0 Å². The first-order valence-electron chi connectivity index (χ1n) is 5.56. The summed E-state index contributed by atoms with van der Waals surface area (Å²) in [6.45, 7) is 1.37. The van der Waals surface area contributed by atoms with Gasteiger partial charge < -0.3 is 10.1 Å². The van der Waals surface area contributed by atoms with E-state index in [-0.39, 0.29) is 5.75 Å². The van der Waals surface area contributed by atoms with E-state index in [0.29, 0.717) is 12.6 Å². The number of rotatable bonds is 6. The van der Waals surface area contributed by atoms with Gasteiger partial charge in [0.05, 0.1) is 6.61 Å². The molecule has 1 fully saturated rings. The summed E-state index contributed by atoms with van der Waals surface area (Å²) in [4.78, 5) is 0. The number of hydrogen-bond donors (Lipinski definition) is 1. The van der Waals surface area contributed by atoms with E-state index in [2.05, 4.69) is 5.32 Å². The first kappa shape index (κ1) is 11.3. The summed E-state index contributed by atoms with van der Waals surface area (Å²) >= 11 is 0. The lowest BCUT2D eigenvalue weighted by Gasteiger charge is -2.06. The lowest BCUT2D eigenvalue weighted by atomic mass is 10.3. The fourth-order valence-electron chi connectivity index (χ4n) is 1.47. The molecule has 1 aromatic carbocycles. The Morgan fingerprint density at radius 3 is 2.50 bits per heavy atom. The molecule has 1 aliphatic carbocycles. The molecule has 0 radical (unpaired) electrons. The highest BCUT2D eigenvalue weighted by atomic mass is 19.1. The van der Waals surface area contributed by atoms with E-state index in [9.17, 15) is 8.78 Å². The predicted octanol–water partition coefficient (Wildman–Crippen LogP) is 2.49. The van der Waals surface area contributed by atoms with Crippen molar-refractivity contribution in [1.29, 1.82) is 0 Å². The van der Waals surface area contributed by atoms with Crippen LogP contribution in [0.1, 0.15) is 19.3 Å². The smallest absolute Gasteiger partial charge is 0.129 e. The Labute approximate surface area is 93.6 Å². The maximum Gasteiger partial charge on any atom is 0.129 e. The normalized spacial score (nSPS) is 15.1. The molecule has 0 spiro atoms. The summed E-state index contributed by atoms with van der Waals surface area (Å²) in [7, 11) is 0. The molecule has 0 aliphatic heterocycles. The van der Waals surface area contributed by atoms with Gasteiger partial charge >= 0.3 is 0 Å². The summed E-state index contributed by atoms with van der Waals surface area (Å²) in [5.41, 5.74) is 0. The standard InChI is InChI=1S/C12H15F2NO/c13-9-6-10(14)8-12(7-9)16-5-1-4-15-11-2-3-11/h6-8,11,15H,1-5H2. The van der Waals surface area contributed by atoms with Crippen molar-refractivity contribution in [3.05, 3.63) is 29.8 Å². The zero-order valence-electron chi connectivity index (χ0n) is 9.01. The SMILES string of the molecule is Fc1cc(F)cc(OCCCNC2CC2)c1.